The maximum absolute atomic E-state index is 15.2. The van der Waals surface area contributed by atoms with Crippen LogP contribution >= 0.6 is 0 Å². The second-order valence-corrected chi connectivity index (χ2v) is 20.2. The summed E-state index contributed by atoms with van der Waals surface area (Å²) in [6, 6.07) is -0.601. The number of hydrogen-bond acceptors (Lipinski definition) is 10. The number of aliphatic hydroxyl groups excluding tert-OH is 2. The molecule has 4 saturated carbocycles. The molecular weight excluding hydrogens is 700 g/mol. The summed E-state index contributed by atoms with van der Waals surface area (Å²) >= 11 is 0. The van der Waals surface area contributed by atoms with Crippen LogP contribution in [0, 0.1) is 63.6 Å². The van der Waals surface area contributed by atoms with E-state index in [4.69, 9.17) is 14.2 Å². The maximum Gasteiger partial charge on any atom is 0.240 e. The molecule has 11 heteroatoms. The number of carbonyl (C=O) groups is 2. The number of nitrogens with zero attached hydrogens (tertiary/aromatic N) is 1. The highest BCUT2D eigenvalue weighted by Crippen LogP contribution is 2.81. The van der Waals surface area contributed by atoms with Crippen LogP contribution in [-0.4, -0.2) is 118 Å². The first-order valence-corrected chi connectivity index (χ1v) is 21.7. The third kappa shape index (κ3) is 4.74. The van der Waals surface area contributed by atoms with Crippen molar-refractivity contribution in [2.75, 3.05) is 26.9 Å². The smallest absolute Gasteiger partial charge is 0.240 e. The number of hydrogen-bond donors (Lipinski definition) is 5. The van der Waals surface area contributed by atoms with Crippen LogP contribution in [0.2, 0.25) is 0 Å². The Morgan fingerprint density at radius 2 is 1.84 bits per heavy atom. The zero-order valence-electron chi connectivity index (χ0n) is 33.1. The first kappa shape index (κ1) is 37.4. The Morgan fingerprint density at radius 1 is 1.02 bits per heavy atom. The average Bonchev–Trinajstić information content (AvgIpc) is 3.79. The molecule has 11 rings (SSSR count). The van der Waals surface area contributed by atoms with Crippen molar-refractivity contribution >= 4 is 11.7 Å². The lowest BCUT2D eigenvalue weighted by molar-refractivity contribution is -0.232. The molecule has 55 heavy (non-hydrogen) atoms. The Bertz CT molecular complexity index is 1740. The van der Waals surface area contributed by atoms with Crippen molar-refractivity contribution in [2.45, 2.75) is 158 Å². The lowest BCUT2D eigenvalue weighted by atomic mass is 9.32. The number of rotatable bonds is 5. The first-order chi connectivity index (χ1) is 26.2. The normalized spacial score (nSPS) is 54.7. The fourth-order valence-electron chi connectivity index (χ4n) is 15.4. The summed E-state index contributed by atoms with van der Waals surface area (Å²) in [6.07, 6.45) is 5.20. The molecule has 5 heterocycles. The van der Waals surface area contributed by atoms with Gasteiger partial charge in [-0.2, -0.15) is 0 Å². The van der Waals surface area contributed by atoms with Gasteiger partial charge < -0.3 is 39.5 Å². The minimum Gasteiger partial charge on any atom is -0.387 e. The van der Waals surface area contributed by atoms with Gasteiger partial charge in [0.15, 0.2) is 5.78 Å². The second kappa shape index (κ2) is 12.6. The molecular formula is C44H62N2O9. The number of aliphatic hydroxyl groups is 4. The third-order valence-electron chi connectivity index (χ3n) is 18.0. The van der Waals surface area contributed by atoms with E-state index in [2.05, 4.69) is 24.1 Å². The van der Waals surface area contributed by atoms with Crippen LogP contribution in [0.15, 0.2) is 11.1 Å². The van der Waals surface area contributed by atoms with E-state index in [-0.39, 0.29) is 53.4 Å². The van der Waals surface area contributed by atoms with Crippen molar-refractivity contribution in [3.8, 4) is 11.8 Å². The fourth-order valence-corrected chi connectivity index (χ4v) is 15.4. The number of piperidine rings is 1. The molecule has 302 valence electrons. The summed E-state index contributed by atoms with van der Waals surface area (Å²) in [5.41, 5.74) is -3.36. The van der Waals surface area contributed by atoms with Gasteiger partial charge in [0, 0.05) is 44.6 Å². The van der Waals surface area contributed by atoms with Crippen LogP contribution in [0.1, 0.15) is 104 Å². The van der Waals surface area contributed by atoms with Crippen molar-refractivity contribution in [1.29, 1.82) is 0 Å². The molecule has 11 nitrogen and oxygen atoms in total. The number of amides is 1. The second-order valence-electron chi connectivity index (χ2n) is 20.2. The predicted molar refractivity (Wildman–Crippen MR) is 200 cm³/mol. The molecule has 18 atom stereocenters. The molecule has 6 aliphatic carbocycles. The molecule has 0 aromatic carbocycles. The fraction of sp³-hybridized carbons (Fsp3) is 0.864. The van der Waals surface area contributed by atoms with Crippen LogP contribution in [0.3, 0.4) is 0 Å². The lowest BCUT2D eigenvalue weighted by Gasteiger charge is -2.71. The van der Waals surface area contributed by atoms with E-state index < -0.39 is 63.9 Å². The number of methoxy groups -OCH3 is 1. The van der Waals surface area contributed by atoms with Crippen molar-refractivity contribution in [3.63, 3.8) is 0 Å². The van der Waals surface area contributed by atoms with Gasteiger partial charge in [0.2, 0.25) is 5.91 Å². The van der Waals surface area contributed by atoms with E-state index in [1.165, 1.54) is 0 Å². The predicted octanol–water partition coefficient (Wildman–Crippen LogP) is 2.86. The molecule has 8 bridgehead atoms. The number of carbonyl (C=O) groups excluding carboxylic acids is 2. The Hall–Kier alpha value is -1.88. The van der Waals surface area contributed by atoms with Crippen molar-refractivity contribution in [2.24, 2.45) is 51.8 Å². The van der Waals surface area contributed by atoms with Gasteiger partial charge >= 0.3 is 0 Å². The van der Waals surface area contributed by atoms with E-state index in [1.54, 1.807) is 14.0 Å². The molecule has 1 amide bonds. The van der Waals surface area contributed by atoms with Gasteiger partial charge in [0.05, 0.1) is 40.9 Å². The summed E-state index contributed by atoms with van der Waals surface area (Å²) in [6.45, 7) is 7.87. The Balaban J connectivity index is 1.13. The third-order valence-corrected chi connectivity index (χ3v) is 18.0. The van der Waals surface area contributed by atoms with E-state index in [9.17, 15) is 25.2 Å². The van der Waals surface area contributed by atoms with Gasteiger partial charge in [-0.3, -0.25) is 14.9 Å². The van der Waals surface area contributed by atoms with Gasteiger partial charge in [-0.1, -0.05) is 26.2 Å². The van der Waals surface area contributed by atoms with Gasteiger partial charge in [-0.25, -0.2) is 0 Å². The number of ether oxygens (including phenoxy) is 3. The van der Waals surface area contributed by atoms with Crippen molar-refractivity contribution < 1.29 is 44.2 Å². The number of fused-ring (bicyclic) bond motifs is 3. The van der Waals surface area contributed by atoms with E-state index in [0.29, 0.717) is 71.1 Å². The lowest BCUT2D eigenvalue weighted by Crippen LogP contribution is -2.72. The zero-order valence-corrected chi connectivity index (χ0v) is 33.1. The van der Waals surface area contributed by atoms with E-state index in [1.807, 2.05) is 11.8 Å². The number of Topliss-reactive ketones (excluding diaryl/α,β-unsaturated/α-hetero) is 1. The summed E-state index contributed by atoms with van der Waals surface area (Å²) in [7, 11) is 1.70. The summed E-state index contributed by atoms with van der Waals surface area (Å²) < 4.78 is 18.2. The van der Waals surface area contributed by atoms with Crippen LogP contribution in [0.5, 0.6) is 0 Å². The van der Waals surface area contributed by atoms with Crippen molar-refractivity contribution in [3.05, 3.63) is 11.1 Å². The number of ketones is 1. The standard InChI is InChI=1S/C44H62N2O9/c1-23-29-20-31-39(50)46-22-26(46)9-6-14-43-25-8-5-13-42(21-25)32(41(3,51)37(48)34(23)55-35(29)38(49)45-31)18-24-10-11-28(36(43)44(24,42)52)33(47)30-19-27(12-15-40(30,43)2)54-17-7-16-53-4/h23-27,29-32,34-35,37-38,45,48-49,51-52H,5,7-13,15-22H2,1-4H3. The van der Waals surface area contributed by atoms with Gasteiger partial charge in [-0.05, 0) is 124 Å². The highest BCUT2D eigenvalue weighted by molar-refractivity contribution is 6.01. The van der Waals surface area contributed by atoms with Crippen molar-refractivity contribution in [1.82, 2.24) is 10.2 Å². The molecule has 0 aromatic heterocycles. The Kier molecular flexibility index (Phi) is 8.54. The first-order valence-electron chi connectivity index (χ1n) is 21.7. The van der Waals surface area contributed by atoms with E-state index in [0.717, 1.165) is 43.3 Å². The molecule has 5 N–H and O–H groups in total. The molecule has 3 saturated heterocycles. The zero-order chi connectivity index (χ0) is 38.4. The molecule has 18 unspecified atom stereocenters. The molecule has 11 aliphatic rings. The van der Waals surface area contributed by atoms with Gasteiger partial charge in [0.25, 0.3) is 0 Å². The van der Waals surface area contributed by atoms with E-state index >= 15 is 4.79 Å². The highest BCUT2D eigenvalue weighted by Gasteiger charge is 2.81. The summed E-state index contributed by atoms with van der Waals surface area (Å²) in [5, 5.41) is 53.8. The van der Waals surface area contributed by atoms with Gasteiger partial charge in [-0.15, -0.1) is 5.92 Å². The highest BCUT2D eigenvalue weighted by atomic mass is 16.5. The maximum atomic E-state index is 15.2. The molecule has 7 fully saturated rings. The Labute approximate surface area is 325 Å². The SMILES string of the molecule is COCCCOC1CCC2(C)C(C1)C(=O)C1=C3C4(O)C(CC1)CC1C(C)(O)C(O)C5OC6C(O)NC(CC6C5C)C(=O)N5CC5CC#CC32C2CCCC14C2. The van der Waals surface area contributed by atoms with Crippen LogP contribution in [-0.2, 0) is 23.8 Å². The molecule has 2 spiro atoms. The minimum absolute atomic E-state index is 0.0283. The van der Waals surface area contributed by atoms with Gasteiger partial charge in [0.1, 0.15) is 18.4 Å². The quantitative estimate of drug-likeness (QED) is 0.160. The molecule has 0 radical (unpaired) electrons. The monoisotopic (exact) mass is 762 g/mol. The molecule has 5 aliphatic heterocycles. The largest absolute Gasteiger partial charge is 0.387 e. The number of allylic oxidation sites excluding steroid dienone is 1. The van der Waals surface area contributed by atoms with Crippen LogP contribution < -0.4 is 5.32 Å². The van der Waals surface area contributed by atoms with Crippen LogP contribution in [0.4, 0.5) is 0 Å². The average molecular weight is 763 g/mol. The summed E-state index contributed by atoms with van der Waals surface area (Å²) in [5.74, 6) is 6.49. The number of nitrogens with one attached hydrogen (secondary N) is 1. The Morgan fingerprint density at radius 3 is 2.64 bits per heavy atom. The topological polar surface area (TPSA) is 158 Å². The summed E-state index contributed by atoms with van der Waals surface area (Å²) in [4.78, 5) is 31.0. The minimum atomic E-state index is -1.64. The van der Waals surface area contributed by atoms with Crippen LogP contribution in [0.25, 0.3) is 0 Å². The molecule has 0 aromatic rings.